The lowest BCUT2D eigenvalue weighted by Gasteiger charge is -2.43. The summed E-state index contributed by atoms with van der Waals surface area (Å²) in [4.78, 5) is 62.9. The molecular weight excluding hydrogens is 539 g/mol. The van der Waals surface area contributed by atoms with Crippen LogP contribution in [0.25, 0.3) is 0 Å². The number of methoxy groups -OCH3 is 2. The van der Waals surface area contributed by atoms with Gasteiger partial charge >= 0.3 is 18.1 Å². The van der Waals surface area contributed by atoms with Gasteiger partial charge in [0.2, 0.25) is 17.7 Å². The molecule has 5 N–H and O–H groups in total. The first kappa shape index (κ1) is 28.4. The molecule has 2 heterocycles. The quantitative estimate of drug-likeness (QED) is 0.327. The van der Waals surface area contributed by atoms with E-state index in [0.29, 0.717) is 0 Å². The zero-order chi connectivity index (χ0) is 29.2. The Morgan fingerprint density at radius 3 is 2.17 bits per heavy atom. The lowest BCUT2D eigenvalue weighted by Crippen LogP contribution is -2.72. The molecule has 0 aromatic heterocycles. The molecular formula is C25H24F3N5O7. The Hall–Kier alpha value is -4.66. The van der Waals surface area contributed by atoms with Crippen LogP contribution in [0, 0.1) is 11.8 Å². The standard InChI is InChI=1S/C25H24F3N5O7/c1-39-22(37)11-6-12(23(38)40-2)8-15(7-11)29-20(35)16-10-17(34)31-19-18(16)21(36)33-24(32-19)30-14-5-3-4-13(9-14)25(26,27)28/h3-9,16,18-19,24,30,32H,10H2,1-2H3,(H,29,35)(H,31,34)(H,33,36). The van der Waals surface area contributed by atoms with Crippen molar-refractivity contribution in [3.8, 4) is 0 Å². The Labute approximate surface area is 225 Å². The maximum atomic E-state index is 13.3. The van der Waals surface area contributed by atoms with Crippen LogP contribution in [0.1, 0.15) is 32.7 Å². The average molecular weight is 563 g/mol. The van der Waals surface area contributed by atoms with E-state index in [1.165, 1.54) is 30.3 Å². The molecule has 15 heteroatoms. The van der Waals surface area contributed by atoms with Crippen molar-refractivity contribution in [2.75, 3.05) is 24.9 Å². The molecule has 4 unspecified atom stereocenters. The van der Waals surface area contributed by atoms with Crippen LogP contribution in [0.4, 0.5) is 24.5 Å². The minimum atomic E-state index is -4.57. The van der Waals surface area contributed by atoms with Gasteiger partial charge in [-0.3, -0.25) is 19.7 Å². The first-order valence-corrected chi connectivity index (χ1v) is 11.8. The molecule has 4 rings (SSSR count). The number of anilines is 2. The van der Waals surface area contributed by atoms with Crippen molar-refractivity contribution in [1.82, 2.24) is 16.0 Å². The number of nitrogens with one attached hydrogen (secondary N) is 5. The SMILES string of the molecule is COC(=O)c1cc(NC(=O)C2CC(=O)NC3NC(Nc4cccc(C(F)(F)F)c4)NC(=O)C32)cc(C(=O)OC)c1. The molecule has 0 radical (unpaired) electrons. The first-order chi connectivity index (χ1) is 18.9. The first-order valence-electron chi connectivity index (χ1n) is 11.8. The fourth-order valence-electron chi connectivity index (χ4n) is 4.51. The normalized spacial score (nSPS) is 22.2. The molecule has 2 aliphatic heterocycles. The number of hydrogen-bond acceptors (Lipinski definition) is 9. The summed E-state index contributed by atoms with van der Waals surface area (Å²) in [6, 6.07) is 8.05. The van der Waals surface area contributed by atoms with Gasteiger partial charge in [-0.15, -0.1) is 0 Å². The summed E-state index contributed by atoms with van der Waals surface area (Å²) >= 11 is 0. The fourth-order valence-corrected chi connectivity index (χ4v) is 4.51. The second kappa shape index (κ2) is 11.2. The van der Waals surface area contributed by atoms with Crippen molar-refractivity contribution in [2.45, 2.75) is 25.1 Å². The number of carbonyl (C=O) groups excluding carboxylic acids is 5. The zero-order valence-corrected chi connectivity index (χ0v) is 21.0. The second-order valence-electron chi connectivity index (χ2n) is 8.98. The summed E-state index contributed by atoms with van der Waals surface area (Å²) in [6.45, 7) is 0. The number of halogens is 3. The van der Waals surface area contributed by atoms with Crippen LogP contribution in [0.15, 0.2) is 42.5 Å². The summed E-state index contributed by atoms with van der Waals surface area (Å²) in [5.41, 5.74) is -0.938. The number of piperidine rings is 1. The van der Waals surface area contributed by atoms with Gasteiger partial charge in [-0.25, -0.2) is 9.59 Å². The number of carbonyl (C=O) groups is 5. The molecule has 40 heavy (non-hydrogen) atoms. The monoisotopic (exact) mass is 563 g/mol. The highest BCUT2D eigenvalue weighted by atomic mass is 19.4. The van der Waals surface area contributed by atoms with Crippen LogP contribution in [0.5, 0.6) is 0 Å². The minimum absolute atomic E-state index is 0.0177. The molecule has 3 amide bonds. The van der Waals surface area contributed by atoms with E-state index in [1.54, 1.807) is 0 Å². The third kappa shape index (κ3) is 6.14. The van der Waals surface area contributed by atoms with E-state index in [9.17, 15) is 37.1 Å². The van der Waals surface area contributed by atoms with Gasteiger partial charge in [0, 0.05) is 17.8 Å². The van der Waals surface area contributed by atoms with Crippen LogP contribution in [-0.2, 0) is 30.0 Å². The smallest absolute Gasteiger partial charge is 0.416 e. The number of ether oxygens (including phenoxy) is 2. The Balaban J connectivity index is 1.52. The van der Waals surface area contributed by atoms with Crippen molar-refractivity contribution in [1.29, 1.82) is 0 Å². The van der Waals surface area contributed by atoms with E-state index in [2.05, 4.69) is 36.1 Å². The van der Waals surface area contributed by atoms with Crippen molar-refractivity contribution in [3.63, 3.8) is 0 Å². The van der Waals surface area contributed by atoms with Crippen LogP contribution >= 0.6 is 0 Å². The van der Waals surface area contributed by atoms with Crippen LogP contribution in [-0.4, -0.2) is 56.3 Å². The van der Waals surface area contributed by atoms with E-state index in [0.717, 1.165) is 26.4 Å². The number of amides is 3. The predicted octanol–water partition coefficient (Wildman–Crippen LogP) is 1.41. The minimum Gasteiger partial charge on any atom is -0.465 e. The van der Waals surface area contributed by atoms with Crippen molar-refractivity contribution < 1.29 is 46.6 Å². The summed E-state index contributed by atoms with van der Waals surface area (Å²) in [5.74, 6) is -5.79. The highest BCUT2D eigenvalue weighted by molar-refractivity contribution is 6.02. The van der Waals surface area contributed by atoms with Gasteiger partial charge in [0.05, 0.1) is 48.9 Å². The number of rotatable bonds is 6. The Morgan fingerprint density at radius 2 is 1.57 bits per heavy atom. The molecule has 0 bridgehead atoms. The molecule has 212 valence electrons. The van der Waals surface area contributed by atoms with Crippen molar-refractivity contribution >= 4 is 41.0 Å². The third-order valence-corrected chi connectivity index (χ3v) is 6.33. The lowest BCUT2D eigenvalue weighted by molar-refractivity contribution is -0.144. The van der Waals surface area contributed by atoms with Gasteiger partial charge in [0.1, 0.15) is 0 Å². The number of esters is 2. The van der Waals surface area contributed by atoms with Gasteiger partial charge in [-0.05, 0) is 36.4 Å². The van der Waals surface area contributed by atoms with E-state index in [4.69, 9.17) is 0 Å². The molecule has 2 fully saturated rings. The number of benzene rings is 2. The Kier molecular flexibility index (Phi) is 7.95. The molecule has 0 spiro atoms. The molecule has 0 aliphatic carbocycles. The Bertz CT molecular complexity index is 1330. The van der Waals surface area contributed by atoms with E-state index in [1.807, 2.05) is 0 Å². The third-order valence-electron chi connectivity index (χ3n) is 6.33. The topological polar surface area (TPSA) is 164 Å². The largest absolute Gasteiger partial charge is 0.465 e. The average Bonchev–Trinajstić information content (AvgIpc) is 2.90. The number of hydrogen-bond donors (Lipinski definition) is 5. The van der Waals surface area contributed by atoms with Gasteiger partial charge in [0.25, 0.3) is 0 Å². The van der Waals surface area contributed by atoms with Crippen LogP contribution < -0.4 is 26.6 Å². The van der Waals surface area contributed by atoms with Gasteiger partial charge in [-0.2, -0.15) is 13.2 Å². The highest BCUT2D eigenvalue weighted by Gasteiger charge is 2.48. The zero-order valence-electron chi connectivity index (χ0n) is 21.0. The summed E-state index contributed by atoms with van der Waals surface area (Å²) in [5, 5.41) is 13.3. The molecule has 2 saturated heterocycles. The predicted molar refractivity (Wildman–Crippen MR) is 131 cm³/mol. The number of fused-ring (bicyclic) bond motifs is 1. The van der Waals surface area contributed by atoms with Gasteiger partial charge in [0.15, 0.2) is 6.29 Å². The van der Waals surface area contributed by atoms with Crippen LogP contribution in [0.2, 0.25) is 0 Å². The maximum Gasteiger partial charge on any atom is 0.416 e. The molecule has 12 nitrogen and oxygen atoms in total. The lowest BCUT2D eigenvalue weighted by atomic mass is 9.81. The van der Waals surface area contributed by atoms with Gasteiger partial charge in [-0.1, -0.05) is 6.07 Å². The van der Waals surface area contributed by atoms with E-state index >= 15 is 0 Å². The second-order valence-corrected chi connectivity index (χ2v) is 8.98. The van der Waals surface area contributed by atoms with Crippen molar-refractivity contribution in [3.05, 3.63) is 59.2 Å². The molecule has 4 atom stereocenters. The van der Waals surface area contributed by atoms with Gasteiger partial charge < -0.3 is 30.7 Å². The molecule has 2 aromatic rings. The summed E-state index contributed by atoms with van der Waals surface area (Å²) in [6.07, 6.45) is -7.04. The molecule has 0 saturated carbocycles. The molecule has 2 aliphatic rings. The summed E-state index contributed by atoms with van der Waals surface area (Å²) < 4.78 is 48.5. The summed E-state index contributed by atoms with van der Waals surface area (Å²) in [7, 11) is 2.27. The van der Waals surface area contributed by atoms with E-state index in [-0.39, 0.29) is 28.9 Å². The van der Waals surface area contributed by atoms with Crippen LogP contribution in [0.3, 0.4) is 0 Å². The number of alkyl halides is 3. The fraction of sp³-hybridized carbons (Fsp3) is 0.320. The van der Waals surface area contributed by atoms with E-state index < -0.39 is 65.7 Å². The highest BCUT2D eigenvalue weighted by Crippen LogP contribution is 2.32. The molecule has 2 aromatic carbocycles. The Morgan fingerprint density at radius 1 is 0.925 bits per heavy atom. The van der Waals surface area contributed by atoms with Crippen molar-refractivity contribution in [2.24, 2.45) is 11.8 Å². The maximum absolute atomic E-state index is 13.3.